The number of nitrogens with one attached hydrogen (secondary N) is 2. The first-order valence-electron chi connectivity index (χ1n) is 9.90. The second kappa shape index (κ2) is 9.22. The molecule has 2 aromatic heterocycles. The van der Waals surface area contributed by atoms with Crippen LogP contribution in [0.25, 0.3) is 5.69 Å². The molecule has 0 spiro atoms. The molecule has 4 rings (SSSR count). The Labute approximate surface area is 183 Å². The molecule has 4 aromatic rings. The van der Waals surface area contributed by atoms with Crippen LogP contribution in [0.15, 0.2) is 79.3 Å². The van der Waals surface area contributed by atoms with Gasteiger partial charge in [-0.2, -0.15) is 5.10 Å². The van der Waals surface area contributed by atoms with Crippen molar-refractivity contribution in [2.45, 2.75) is 13.3 Å². The van der Waals surface area contributed by atoms with E-state index in [1.165, 1.54) is 24.3 Å². The van der Waals surface area contributed by atoms with Crippen LogP contribution in [0.4, 0.5) is 15.8 Å². The van der Waals surface area contributed by atoms with Crippen LogP contribution in [-0.2, 0) is 11.2 Å². The largest absolute Gasteiger partial charge is 0.326 e. The van der Waals surface area contributed by atoms with Gasteiger partial charge < -0.3 is 10.6 Å². The van der Waals surface area contributed by atoms with Gasteiger partial charge in [-0.05, 0) is 67.1 Å². The van der Waals surface area contributed by atoms with Crippen LogP contribution >= 0.6 is 0 Å². The first-order valence-corrected chi connectivity index (χ1v) is 9.90. The number of amides is 2. The van der Waals surface area contributed by atoms with Crippen molar-refractivity contribution in [3.05, 3.63) is 102 Å². The van der Waals surface area contributed by atoms with E-state index in [4.69, 9.17) is 0 Å². The van der Waals surface area contributed by atoms with Crippen LogP contribution in [0.3, 0.4) is 0 Å². The zero-order chi connectivity index (χ0) is 22.5. The molecule has 0 aliphatic rings. The van der Waals surface area contributed by atoms with Gasteiger partial charge in [-0.3, -0.25) is 14.6 Å². The molecule has 7 nitrogen and oxygen atoms in total. The average Bonchev–Trinajstić information content (AvgIpc) is 3.24. The van der Waals surface area contributed by atoms with E-state index in [9.17, 15) is 14.0 Å². The SMILES string of the molecule is Cc1cc(NC(=O)c2cccc(-n3cc(CC(=O)Nc4ccc(F)cc4)cn3)c2)ccn1. The first kappa shape index (κ1) is 20.9. The van der Waals surface area contributed by atoms with Gasteiger partial charge in [0.25, 0.3) is 5.91 Å². The van der Waals surface area contributed by atoms with E-state index in [0.717, 1.165) is 5.69 Å². The fraction of sp³-hybridized carbons (Fsp3) is 0.0833. The predicted octanol–water partition coefficient (Wildman–Crippen LogP) is 4.15. The molecule has 0 aliphatic carbocycles. The minimum Gasteiger partial charge on any atom is -0.326 e. The second-order valence-corrected chi connectivity index (χ2v) is 7.22. The lowest BCUT2D eigenvalue weighted by molar-refractivity contribution is -0.115. The topological polar surface area (TPSA) is 88.9 Å². The zero-order valence-electron chi connectivity index (χ0n) is 17.2. The van der Waals surface area contributed by atoms with Crippen LogP contribution in [0.1, 0.15) is 21.6 Å². The van der Waals surface area contributed by atoms with Crippen molar-refractivity contribution in [3.8, 4) is 5.69 Å². The standard InChI is InChI=1S/C24H20FN5O2/c1-16-11-21(9-10-26-16)29-24(32)18-3-2-4-22(13-18)30-15-17(14-27-30)12-23(31)28-20-7-5-19(25)6-8-20/h2-11,13-15H,12H2,1H3,(H,28,31)(H,26,29,32). The smallest absolute Gasteiger partial charge is 0.255 e. The van der Waals surface area contributed by atoms with Gasteiger partial charge in [-0.1, -0.05) is 6.07 Å². The molecule has 2 heterocycles. The Bertz CT molecular complexity index is 1270. The van der Waals surface area contributed by atoms with Crippen molar-refractivity contribution in [2.24, 2.45) is 0 Å². The molecule has 2 amide bonds. The third kappa shape index (κ3) is 5.23. The van der Waals surface area contributed by atoms with E-state index < -0.39 is 0 Å². The van der Waals surface area contributed by atoms with Crippen LogP contribution in [-0.4, -0.2) is 26.6 Å². The third-order valence-corrected chi connectivity index (χ3v) is 4.66. The monoisotopic (exact) mass is 429 g/mol. The average molecular weight is 429 g/mol. The van der Waals surface area contributed by atoms with E-state index in [1.54, 1.807) is 53.6 Å². The third-order valence-electron chi connectivity index (χ3n) is 4.66. The molecule has 0 unspecified atom stereocenters. The minimum absolute atomic E-state index is 0.110. The van der Waals surface area contributed by atoms with Crippen LogP contribution in [0.2, 0.25) is 0 Å². The summed E-state index contributed by atoms with van der Waals surface area (Å²) < 4.78 is 14.6. The molecule has 0 fully saturated rings. The van der Waals surface area contributed by atoms with Gasteiger partial charge >= 0.3 is 0 Å². The molecule has 0 bridgehead atoms. The minimum atomic E-state index is -0.365. The van der Waals surface area contributed by atoms with Gasteiger partial charge in [0, 0.05) is 35.0 Å². The Kier molecular flexibility index (Phi) is 6.03. The molecule has 0 atom stereocenters. The number of carbonyl (C=O) groups excluding carboxylic acids is 2. The van der Waals surface area contributed by atoms with Crippen molar-refractivity contribution in [1.29, 1.82) is 0 Å². The van der Waals surface area contributed by atoms with Crippen molar-refractivity contribution < 1.29 is 14.0 Å². The molecule has 0 aliphatic heterocycles. The van der Waals surface area contributed by atoms with Gasteiger partial charge in [0.05, 0.1) is 18.3 Å². The molecule has 160 valence electrons. The highest BCUT2D eigenvalue weighted by atomic mass is 19.1. The summed E-state index contributed by atoms with van der Waals surface area (Å²) in [5.41, 5.74) is 3.86. The fourth-order valence-corrected chi connectivity index (χ4v) is 3.13. The lowest BCUT2D eigenvalue weighted by atomic mass is 10.2. The van der Waals surface area contributed by atoms with Gasteiger partial charge in [0.2, 0.25) is 5.91 Å². The number of aromatic nitrogens is 3. The summed E-state index contributed by atoms with van der Waals surface area (Å²) >= 11 is 0. The first-order chi connectivity index (χ1) is 15.5. The number of aryl methyl sites for hydroxylation is 1. The number of halogens is 1. The maximum Gasteiger partial charge on any atom is 0.255 e. The maximum atomic E-state index is 13.0. The molecular weight excluding hydrogens is 409 g/mol. The molecule has 32 heavy (non-hydrogen) atoms. The summed E-state index contributed by atoms with van der Waals surface area (Å²) in [4.78, 5) is 29.0. The molecule has 2 aromatic carbocycles. The number of anilines is 2. The Morgan fingerprint density at radius 1 is 1.00 bits per heavy atom. The van der Waals surface area contributed by atoms with E-state index in [1.807, 2.05) is 13.0 Å². The summed E-state index contributed by atoms with van der Waals surface area (Å²) in [6.45, 7) is 1.85. The van der Waals surface area contributed by atoms with Crippen LogP contribution < -0.4 is 10.6 Å². The van der Waals surface area contributed by atoms with Crippen molar-refractivity contribution in [1.82, 2.24) is 14.8 Å². The molecule has 8 heteroatoms. The Morgan fingerprint density at radius 3 is 2.59 bits per heavy atom. The number of nitrogens with zero attached hydrogens (tertiary/aromatic N) is 3. The zero-order valence-corrected chi connectivity index (χ0v) is 17.2. The van der Waals surface area contributed by atoms with E-state index in [0.29, 0.717) is 28.2 Å². The van der Waals surface area contributed by atoms with Crippen molar-refractivity contribution >= 4 is 23.2 Å². The summed E-state index contributed by atoms with van der Waals surface area (Å²) in [5.74, 6) is -0.850. The summed E-state index contributed by atoms with van der Waals surface area (Å²) in [7, 11) is 0. The van der Waals surface area contributed by atoms with Crippen molar-refractivity contribution in [3.63, 3.8) is 0 Å². The molecular formula is C24H20FN5O2. The fourth-order valence-electron chi connectivity index (χ4n) is 3.13. The van der Waals surface area contributed by atoms with E-state index in [2.05, 4.69) is 20.7 Å². The molecule has 0 radical (unpaired) electrons. The number of benzene rings is 2. The van der Waals surface area contributed by atoms with Crippen LogP contribution in [0.5, 0.6) is 0 Å². The molecule has 0 saturated carbocycles. The molecule has 2 N–H and O–H groups in total. The van der Waals surface area contributed by atoms with Crippen LogP contribution in [0, 0.1) is 12.7 Å². The maximum absolute atomic E-state index is 13.0. The summed E-state index contributed by atoms with van der Waals surface area (Å²) in [6.07, 6.45) is 5.07. The Morgan fingerprint density at radius 2 is 1.81 bits per heavy atom. The number of pyridine rings is 1. The number of hydrogen-bond acceptors (Lipinski definition) is 4. The Hall–Kier alpha value is -4.33. The van der Waals surface area contributed by atoms with Crippen molar-refractivity contribution in [2.75, 3.05) is 10.6 Å². The van der Waals surface area contributed by atoms with Gasteiger partial charge in [-0.15, -0.1) is 0 Å². The van der Waals surface area contributed by atoms with Gasteiger partial charge in [-0.25, -0.2) is 9.07 Å². The van der Waals surface area contributed by atoms with Gasteiger partial charge in [0.1, 0.15) is 5.82 Å². The normalized spacial score (nSPS) is 10.6. The molecule has 0 saturated heterocycles. The summed E-state index contributed by atoms with van der Waals surface area (Å²) in [6, 6.07) is 16.1. The highest BCUT2D eigenvalue weighted by molar-refractivity contribution is 6.04. The van der Waals surface area contributed by atoms with E-state index >= 15 is 0 Å². The number of carbonyl (C=O) groups is 2. The predicted molar refractivity (Wildman–Crippen MR) is 119 cm³/mol. The number of rotatable bonds is 6. The lowest BCUT2D eigenvalue weighted by Gasteiger charge is -2.08. The van der Waals surface area contributed by atoms with Gasteiger partial charge in [0.15, 0.2) is 0 Å². The quantitative estimate of drug-likeness (QED) is 0.482. The lowest BCUT2D eigenvalue weighted by Crippen LogP contribution is -2.14. The summed E-state index contributed by atoms with van der Waals surface area (Å²) in [5, 5.41) is 9.87. The second-order valence-electron chi connectivity index (χ2n) is 7.22. The van der Waals surface area contributed by atoms with E-state index in [-0.39, 0.29) is 24.1 Å². The highest BCUT2D eigenvalue weighted by Crippen LogP contribution is 2.15. The highest BCUT2D eigenvalue weighted by Gasteiger charge is 2.11. The Balaban J connectivity index is 1.43. The number of hydrogen-bond donors (Lipinski definition) is 2.